The standard InChI is InChI=1S/C6H13N3O2/c1-2-5-11-6(10)8-3-4-9-7/h2,9H,1,3-5,7H2,(H,8,10). The summed E-state index contributed by atoms with van der Waals surface area (Å²) >= 11 is 0. The van der Waals surface area contributed by atoms with Gasteiger partial charge in [0.15, 0.2) is 0 Å². The molecule has 64 valence electrons. The van der Waals surface area contributed by atoms with Crippen molar-refractivity contribution in [2.45, 2.75) is 0 Å². The minimum atomic E-state index is -0.458. The minimum absolute atomic E-state index is 0.224. The molecule has 1 amide bonds. The average Bonchev–Trinajstić information content (AvgIpc) is 2.01. The van der Waals surface area contributed by atoms with Crippen molar-refractivity contribution in [2.75, 3.05) is 19.7 Å². The molecule has 0 atom stereocenters. The molecule has 5 heteroatoms. The summed E-state index contributed by atoms with van der Waals surface area (Å²) in [5, 5.41) is 2.47. The van der Waals surface area contributed by atoms with Crippen LogP contribution in [0.25, 0.3) is 0 Å². The summed E-state index contributed by atoms with van der Waals surface area (Å²) in [7, 11) is 0. The Morgan fingerprint density at radius 3 is 2.91 bits per heavy atom. The Kier molecular flexibility index (Phi) is 6.36. The molecule has 0 heterocycles. The van der Waals surface area contributed by atoms with E-state index in [4.69, 9.17) is 5.84 Å². The molecule has 0 saturated carbocycles. The van der Waals surface area contributed by atoms with E-state index in [1.807, 2.05) is 0 Å². The smallest absolute Gasteiger partial charge is 0.407 e. The highest BCUT2D eigenvalue weighted by molar-refractivity contribution is 5.67. The third kappa shape index (κ3) is 6.82. The second-order valence-electron chi connectivity index (χ2n) is 1.77. The SMILES string of the molecule is C=CCOC(=O)NCCNN. The van der Waals surface area contributed by atoms with Gasteiger partial charge in [0.25, 0.3) is 0 Å². The van der Waals surface area contributed by atoms with Crippen LogP contribution in [0.4, 0.5) is 4.79 Å². The fourth-order valence-corrected chi connectivity index (χ4v) is 0.422. The zero-order valence-corrected chi connectivity index (χ0v) is 6.30. The van der Waals surface area contributed by atoms with Crippen LogP contribution in [-0.4, -0.2) is 25.8 Å². The zero-order chi connectivity index (χ0) is 8.53. The predicted molar refractivity (Wildman–Crippen MR) is 41.7 cm³/mol. The second kappa shape index (κ2) is 7.04. The van der Waals surface area contributed by atoms with Gasteiger partial charge < -0.3 is 10.1 Å². The van der Waals surface area contributed by atoms with E-state index in [1.165, 1.54) is 6.08 Å². The quantitative estimate of drug-likeness (QED) is 0.216. The summed E-state index contributed by atoms with van der Waals surface area (Å²) in [4.78, 5) is 10.6. The number of hydrogen-bond acceptors (Lipinski definition) is 4. The number of amides is 1. The summed E-state index contributed by atoms with van der Waals surface area (Å²) in [5.74, 6) is 4.96. The van der Waals surface area contributed by atoms with Crippen molar-refractivity contribution in [1.29, 1.82) is 0 Å². The van der Waals surface area contributed by atoms with Crippen LogP contribution in [0, 0.1) is 0 Å². The molecule has 0 spiro atoms. The molecular weight excluding hydrogens is 146 g/mol. The van der Waals surface area contributed by atoms with Gasteiger partial charge in [-0.25, -0.2) is 4.79 Å². The molecule has 0 bridgehead atoms. The third-order valence-corrected chi connectivity index (χ3v) is 0.871. The Morgan fingerprint density at radius 1 is 1.64 bits per heavy atom. The molecule has 0 aromatic carbocycles. The molecule has 0 unspecified atom stereocenters. The first kappa shape index (κ1) is 9.93. The molecule has 0 saturated heterocycles. The highest BCUT2D eigenvalue weighted by Gasteiger charge is 1.96. The van der Waals surface area contributed by atoms with Crippen LogP contribution in [0.15, 0.2) is 12.7 Å². The van der Waals surface area contributed by atoms with Crippen LogP contribution in [0.2, 0.25) is 0 Å². The third-order valence-electron chi connectivity index (χ3n) is 0.871. The summed E-state index contributed by atoms with van der Waals surface area (Å²) < 4.78 is 4.60. The molecule has 0 aliphatic heterocycles. The van der Waals surface area contributed by atoms with Crippen LogP contribution < -0.4 is 16.6 Å². The Bertz CT molecular complexity index is 127. The molecule has 0 aliphatic carbocycles. The summed E-state index contributed by atoms with van der Waals surface area (Å²) in [6.07, 6.45) is 1.04. The molecule has 5 nitrogen and oxygen atoms in total. The topological polar surface area (TPSA) is 76.4 Å². The zero-order valence-electron chi connectivity index (χ0n) is 6.30. The maximum atomic E-state index is 10.6. The number of nitrogens with two attached hydrogens (primary N) is 1. The lowest BCUT2D eigenvalue weighted by Gasteiger charge is -2.03. The fourth-order valence-electron chi connectivity index (χ4n) is 0.422. The molecule has 4 N–H and O–H groups in total. The fraction of sp³-hybridized carbons (Fsp3) is 0.500. The van der Waals surface area contributed by atoms with Crippen LogP contribution >= 0.6 is 0 Å². The first-order valence-electron chi connectivity index (χ1n) is 3.26. The van der Waals surface area contributed by atoms with Crippen LogP contribution in [0.3, 0.4) is 0 Å². The Morgan fingerprint density at radius 2 is 2.36 bits per heavy atom. The molecule has 0 fully saturated rings. The Balaban J connectivity index is 3.15. The van der Waals surface area contributed by atoms with E-state index in [0.29, 0.717) is 13.1 Å². The maximum absolute atomic E-state index is 10.6. The highest BCUT2D eigenvalue weighted by atomic mass is 16.5. The van der Waals surface area contributed by atoms with Gasteiger partial charge in [0, 0.05) is 13.1 Å². The van der Waals surface area contributed by atoms with Crippen LogP contribution in [-0.2, 0) is 4.74 Å². The van der Waals surface area contributed by atoms with Crippen molar-refractivity contribution in [3.63, 3.8) is 0 Å². The predicted octanol–water partition coefficient (Wildman–Crippen LogP) is -0.638. The molecule has 0 radical (unpaired) electrons. The van der Waals surface area contributed by atoms with E-state index in [1.54, 1.807) is 0 Å². The average molecular weight is 159 g/mol. The lowest BCUT2D eigenvalue weighted by molar-refractivity contribution is 0.158. The number of alkyl carbamates (subject to hydrolysis) is 1. The van der Waals surface area contributed by atoms with Crippen molar-refractivity contribution in [1.82, 2.24) is 10.7 Å². The van der Waals surface area contributed by atoms with E-state index < -0.39 is 6.09 Å². The minimum Gasteiger partial charge on any atom is -0.445 e. The maximum Gasteiger partial charge on any atom is 0.407 e. The summed E-state index contributed by atoms with van der Waals surface area (Å²) in [6, 6.07) is 0. The van der Waals surface area contributed by atoms with E-state index in [-0.39, 0.29) is 6.61 Å². The van der Waals surface area contributed by atoms with E-state index in [0.717, 1.165) is 0 Å². The molecule has 0 rings (SSSR count). The number of ether oxygens (including phenoxy) is 1. The van der Waals surface area contributed by atoms with Crippen LogP contribution in [0.1, 0.15) is 0 Å². The van der Waals surface area contributed by atoms with Crippen molar-refractivity contribution >= 4 is 6.09 Å². The Hall–Kier alpha value is -1.07. The first-order valence-corrected chi connectivity index (χ1v) is 3.26. The number of carbonyl (C=O) groups excluding carboxylic acids is 1. The number of rotatable bonds is 5. The lowest BCUT2D eigenvalue weighted by Crippen LogP contribution is -2.35. The van der Waals surface area contributed by atoms with Gasteiger partial charge >= 0.3 is 6.09 Å². The van der Waals surface area contributed by atoms with Crippen molar-refractivity contribution in [3.8, 4) is 0 Å². The normalized spacial score (nSPS) is 8.82. The Labute approximate surface area is 65.6 Å². The van der Waals surface area contributed by atoms with Crippen LogP contribution in [0.5, 0.6) is 0 Å². The van der Waals surface area contributed by atoms with E-state index >= 15 is 0 Å². The lowest BCUT2D eigenvalue weighted by atomic mass is 10.6. The number of hydrazine groups is 1. The molecule has 0 aromatic rings. The molecule has 0 aromatic heterocycles. The van der Waals surface area contributed by atoms with Gasteiger partial charge in [0.1, 0.15) is 6.61 Å². The number of hydrogen-bond donors (Lipinski definition) is 3. The van der Waals surface area contributed by atoms with E-state index in [2.05, 4.69) is 22.1 Å². The molecule has 0 aliphatic rings. The van der Waals surface area contributed by atoms with Crippen molar-refractivity contribution in [3.05, 3.63) is 12.7 Å². The monoisotopic (exact) mass is 159 g/mol. The largest absolute Gasteiger partial charge is 0.445 e. The van der Waals surface area contributed by atoms with Gasteiger partial charge in [-0.15, -0.1) is 0 Å². The van der Waals surface area contributed by atoms with Gasteiger partial charge in [0.05, 0.1) is 0 Å². The van der Waals surface area contributed by atoms with Crippen molar-refractivity contribution in [2.24, 2.45) is 5.84 Å². The number of nitrogens with one attached hydrogen (secondary N) is 2. The molecular formula is C6H13N3O2. The second-order valence-corrected chi connectivity index (χ2v) is 1.77. The summed E-state index contributed by atoms with van der Waals surface area (Å²) in [6.45, 7) is 4.58. The van der Waals surface area contributed by atoms with E-state index in [9.17, 15) is 4.79 Å². The van der Waals surface area contributed by atoms with Gasteiger partial charge in [-0.1, -0.05) is 12.7 Å². The van der Waals surface area contributed by atoms with Gasteiger partial charge in [0.2, 0.25) is 0 Å². The van der Waals surface area contributed by atoms with Gasteiger partial charge in [-0.3, -0.25) is 11.3 Å². The highest BCUT2D eigenvalue weighted by Crippen LogP contribution is 1.75. The first-order chi connectivity index (χ1) is 5.31. The van der Waals surface area contributed by atoms with Crippen molar-refractivity contribution < 1.29 is 9.53 Å². The molecule has 11 heavy (non-hydrogen) atoms. The van der Waals surface area contributed by atoms with Gasteiger partial charge in [-0.2, -0.15) is 0 Å². The number of carbonyl (C=O) groups is 1. The van der Waals surface area contributed by atoms with Gasteiger partial charge in [-0.05, 0) is 0 Å². The summed E-state index contributed by atoms with van der Waals surface area (Å²) in [5.41, 5.74) is 2.39.